The molecule has 0 aliphatic carbocycles. The van der Waals surface area contributed by atoms with E-state index < -0.39 is 5.97 Å². The van der Waals surface area contributed by atoms with Crippen molar-refractivity contribution in [3.63, 3.8) is 0 Å². The van der Waals surface area contributed by atoms with E-state index in [2.05, 4.69) is 11.4 Å². The van der Waals surface area contributed by atoms with Crippen molar-refractivity contribution in [2.24, 2.45) is 11.8 Å². The van der Waals surface area contributed by atoms with E-state index >= 15 is 0 Å². The molecule has 0 aromatic heterocycles. The minimum absolute atomic E-state index is 0.0441. The standard InChI is InChI=1S/C16H20N2O3/c1-10(16(20)21)12-8-18(9-12)15(19)14-4-2-3-11-7-17-6-5-13(11)14/h2-4,10,12,17H,5-9H2,1H3,(H,20,21). The number of fused-ring (bicyclic) bond motifs is 1. The van der Waals surface area contributed by atoms with Crippen molar-refractivity contribution in [1.29, 1.82) is 0 Å². The van der Waals surface area contributed by atoms with Gasteiger partial charge in [-0.15, -0.1) is 0 Å². The number of aliphatic carboxylic acids is 1. The Morgan fingerprint density at radius 1 is 1.38 bits per heavy atom. The number of rotatable bonds is 3. The van der Waals surface area contributed by atoms with Crippen LogP contribution in [0.2, 0.25) is 0 Å². The van der Waals surface area contributed by atoms with Crippen LogP contribution in [0.5, 0.6) is 0 Å². The summed E-state index contributed by atoms with van der Waals surface area (Å²) in [7, 11) is 0. The number of likely N-dealkylation sites (tertiary alicyclic amines) is 1. The average molecular weight is 288 g/mol. The monoisotopic (exact) mass is 288 g/mol. The van der Waals surface area contributed by atoms with E-state index in [9.17, 15) is 9.59 Å². The quantitative estimate of drug-likeness (QED) is 0.874. The number of amides is 1. The molecule has 0 saturated carbocycles. The van der Waals surface area contributed by atoms with Crippen molar-refractivity contribution in [3.05, 3.63) is 34.9 Å². The number of carbonyl (C=O) groups is 2. The summed E-state index contributed by atoms with van der Waals surface area (Å²) in [4.78, 5) is 25.3. The van der Waals surface area contributed by atoms with Gasteiger partial charge in [-0.1, -0.05) is 19.1 Å². The molecule has 1 unspecified atom stereocenters. The number of carbonyl (C=O) groups excluding carboxylic acids is 1. The first kappa shape index (κ1) is 14.1. The molecule has 3 rings (SSSR count). The molecule has 0 bridgehead atoms. The molecular weight excluding hydrogens is 268 g/mol. The lowest BCUT2D eigenvalue weighted by molar-refractivity contribution is -0.144. The molecule has 5 heteroatoms. The van der Waals surface area contributed by atoms with Gasteiger partial charge in [-0.25, -0.2) is 0 Å². The molecule has 1 amide bonds. The normalized spacial score (nSPS) is 19.6. The first-order valence-electron chi connectivity index (χ1n) is 7.41. The highest BCUT2D eigenvalue weighted by Gasteiger charge is 2.38. The number of hydrogen-bond acceptors (Lipinski definition) is 3. The van der Waals surface area contributed by atoms with Gasteiger partial charge in [-0.3, -0.25) is 9.59 Å². The van der Waals surface area contributed by atoms with Crippen LogP contribution in [0, 0.1) is 11.8 Å². The molecule has 2 N–H and O–H groups in total. The number of hydrogen-bond donors (Lipinski definition) is 2. The molecule has 1 atom stereocenters. The largest absolute Gasteiger partial charge is 0.481 e. The van der Waals surface area contributed by atoms with Gasteiger partial charge in [0.2, 0.25) is 0 Å². The van der Waals surface area contributed by atoms with Gasteiger partial charge in [0.15, 0.2) is 0 Å². The minimum atomic E-state index is -0.782. The van der Waals surface area contributed by atoms with Crippen molar-refractivity contribution < 1.29 is 14.7 Å². The topological polar surface area (TPSA) is 69.6 Å². The highest BCUT2D eigenvalue weighted by atomic mass is 16.4. The molecular formula is C16H20N2O3. The molecule has 21 heavy (non-hydrogen) atoms. The molecule has 1 fully saturated rings. The van der Waals surface area contributed by atoms with E-state index in [1.807, 2.05) is 12.1 Å². The van der Waals surface area contributed by atoms with E-state index in [0.717, 1.165) is 30.6 Å². The van der Waals surface area contributed by atoms with Gasteiger partial charge in [0, 0.05) is 31.1 Å². The molecule has 112 valence electrons. The first-order valence-corrected chi connectivity index (χ1v) is 7.41. The zero-order chi connectivity index (χ0) is 15.0. The molecule has 2 aliphatic rings. The van der Waals surface area contributed by atoms with Gasteiger partial charge in [-0.2, -0.15) is 0 Å². The highest BCUT2D eigenvalue weighted by molar-refractivity contribution is 5.96. The van der Waals surface area contributed by atoms with Gasteiger partial charge in [0.05, 0.1) is 5.92 Å². The summed E-state index contributed by atoms with van der Waals surface area (Å²) in [6.45, 7) is 4.53. The van der Waals surface area contributed by atoms with Crippen molar-refractivity contribution >= 4 is 11.9 Å². The fourth-order valence-corrected chi connectivity index (χ4v) is 3.10. The summed E-state index contributed by atoms with van der Waals surface area (Å²) in [6, 6.07) is 5.88. The van der Waals surface area contributed by atoms with Crippen LogP contribution in [0.3, 0.4) is 0 Å². The molecule has 2 heterocycles. The molecule has 2 aliphatic heterocycles. The Bertz CT molecular complexity index is 579. The van der Waals surface area contributed by atoms with Crippen LogP contribution in [-0.2, 0) is 17.8 Å². The Kier molecular flexibility index (Phi) is 3.68. The fraction of sp³-hybridized carbons (Fsp3) is 0.500. The number of nitrogens with one attached hydrogen (secondary N) is 1. The summed E-state index contributed by atoms with van der Waals surface area (Å²) in [5.74, 6) is -1.05. The molecule has 1 aromatic rings. The Morgan fingerprint density at radius 3 is 2.86 bits per heavy atom. The maximum Gasteiger partial charge on any atom is 0.306 e. The van der Waals surface area contributed by atoms with Crippen molar-refractivity contribution in [3.8, 4) is 0 Å². The SMILES string of the molecule is CC(C(=O)O)C1CN(C(=O)c2cccc3c2CCNC3)C1. The second kappa shape index (κ2) is 5.48. The van der Waals surface area contributed by atoms with Crippen LogP contribution >= 0.6 is 0 Å². The maximum absolute atomic E-state index is 12.6. The smallest absolute Gasteiger partial charge is 0.306 e. The van der Waals surface area contributed by atoms with E-state index in [1.54, 1.807) is 11.8 Å². The minimum Gasteiger partial charge on any atom is -0.481 e. The van der Waals surface area contributed by atoms with Crippen LogP contribution < -0.4 is 5.32 Å². The van der Waals surface area contributed by atoms with Gasteiger partial charge in [0.25, 0.3) is 5.91 Å². The van der Waals surface area contributed by atoms with Crippen molar-refractivity contribution in [2.45, 2.75) is 19.9 Å². The average Bonchev–Trinajstić information content (AvgIpc) is 2.44. The zero-order valence-corrected chi connectivity index (χ0v) is 12.1. The van der Waals surface area contributed by atoms with Crippen molar-refractivity contribution in [1.82, 2.24) is 10.2 Å². The third kappa shape index (κ3) is 2.53. The highest BCUT2D eigenvalue weighted by Crippen LogP contribution is 2.28. The van der Waals surface area contributed by atoms with E-state index in [1.165, 1.54) is 5.56 Å². The van der Waals surface area contributed by atoms with Gasteiger partial charge < -0.3 is 15.3 Å². The molecule has 0 spiro atoms. The van der Waals surface area contributed by atoms with E-state index in [4.69, 9.17) is 5.11 Å². The lowest BCUT2D eigenvalue weighted by atomic mass is 9.86. The number of nitrogens with zero attached hydrogens (tertiary/aromatic N) is 1. The summed E-state index contributed by atoms with van der Waals surface area (Å²) in [5.41, 5.74) is 3.13. The Labute approximate surface area is 123 Å². The van der Waals surface area contributed by atoms with E-state index in [-0.39, 0.29) is 17.7 Å². The first-order chi connectivity index (χ1) is 10.1. The molecule has 5 nitrogen and oxygen atoms in total. The fourth-order valence-electron chi connectivity index (χ4n) is 3.10. The van der Waals surface area contributed by atoms with Crippen LogP contribution in [0.25, 0.3) is 0 Å². The number of benzene rings is 1. The number of carboxylic acids is 1. The lowest BCUT2D eigenvalue weighted by Crippen LogP contribution is -2.53. The Balaban J connectivity index is 1.72. The summed E-state index contributed by atoms with van der Waals surface area (Å²) >= 11 is 0. The van der Waals surface area contributed by atoms with Crippen LogP contribution in [-0.4, -0.2) is 41.5 Å². The van der Waals surface area contributed by atoms with Gasteiger partial charge in [-0.05, 0) is 30.2 Å². The number of carboxylic acid groups (broad SMARTS) is 1. The molecule has 0 radical (unpaired) electrons. The van der Waals surface area contributed by atoms with Gasteiger partial charge >= 0.3 is 5.97 Å². The van der Waals surface area contributed by atoms with E-state index in [0.29, 0.717) is 13.1 Å². The third-order valence-electron chi connectivity index (χ3n) is 4.66. The second-order valence-electron chi connectivity index (χ2n) is 5.97. The lowest BCUT2D eigenvalue weighted by Gasteiger charge is -2.41. The summed E-state index contributed by atoms with van der Waals surface area (Å²) in [6.07, 6.45) is 0.875. The Morgan fingerprint density at radius 2 is 2.14 bits per heavy atom. The summed E-state index contributed by atoms with van der Waals surface area (Å²) in [5, 5.41) is 12.3. The predicted octanol–water partition coefficient (Wildman–Crippen LogP) is 1.12. The van der Waals surface area contributed by atoms with Crippen molar-refractivity contribution in [2.75, 3.05) is 19.6 Å². The third-order valence-corrected chi connectivity index (χ3v) is 4.66. The second-order valence-corrected chi connectivity index (χ2v) is 5.97. The van der Waals surface area contributed by atoms with Crippen LogP contribution in [0.1, 0.15) is 28.4 Å². The zero-order valence-electron chi connectivity index (χ0n) is 12.1. The maximum atomic E-state index is 12.6. The summed E-state index contributed by atoms with van der Waals surface area (Å²) < 4.78 is 0. The Hall–Kier alpha value is -1.88. The molecule has 1 aromatic carbocycles. The van der Waals surface area contributed by atoms with Crippen LogP contribution in [0.4, 0.5) is 0 Å². The van der Waals surface area contributed by atoms with Crippen LogP contribution in [0.15, 0.2) is 18.2 Å². The molecule has 1 saturated heterocycles. The van der Waals surface area contributed by atoms with Gasteiger partial charge in [0.1, 0.15) is 0 Å². The predicted molar refractivity (Wildman–Crippen MR) is 78.0 cm³/mol.